The third kappa shape index (κ3) is 7.85. The van der Waals surface area contributed by atoms with E-state index in [9.17, 15) is 9.59 Å². The molecule has 23 heavy (non-hydrogen) atoms. The lowest BCUT2D eigenvalue weighted by Gasteiger charge is -2.17. The van der Waals surface area contributed by atoms with Gasteiger partial charge in [0.15, 0.2) is 0 Å². The van der Waals surface area contributed by atoms with E-state index in [0.717, 1.165) is 0 Å². The number of nitrogens with one attached hydrogen (secondary N) is 1. The lowest BCUT2D eigenvalue weighted by Crippen LogP contribution is -2.19. The number of anilines is 1. The summed E-state index contributed by atoms with van der Waals surface area (Å²) in [4.78, 5) is 22.4. The molecule has 1 aromatic rings. The Morgan fingerprint density at radius 1 is 1.30 bits per heavy atom. The molecule has 6 nitrogen and oxygen atoms in total. The summed E-state index contributed by atoms with van der Waals surface area (Å²) in [5, 5.41) is 11.8. The summed E-state index contributed by atoms with van der Waals surface area (Å²) in [7, 11) is 1.58. The molecule has 0 saturated carbocycles. The van der Waals surface area contributed by atoms with Gasteiger partial charge in [-0.3, -0.25) is 9.59 Å². The van der Waals surface area contributed by atoms with E-state index in [1.807, 2.05) is 6.92 Å². The highest BCUT2D eigenvalue weighted by atomic mass is 35.5. The van der Waals surface area contributed by atoms with Crippen molar-refractivity contribution in [3.8, 4) is 5.75 Å². The summed E-state index contributed by atoms with van der Waals surface area (Å²) in [6, 6.07) is 4.99. The molecule has 1 atom stereocenters. The smallest absolute Gasteiger partial charge is 0.303 e. The second-order valence-corrected chi connectivity index (χ2v) is 5.61. The Hall–Kier alpha value is -1.79. The lowest BCUT2D eigenvalue weighted by atomic mass is 10.2. The number of methoxy groups -OCH3 is 1. The van der Waals surface area contributed by atoms with Crippen molar-refractivity contribution in [1.29, 1.82) is 0 Å². The Morgan fingerprint density at radius 3 is 2.65 bits per heavy atom. The number of benzene rings is 1. The van der Waals surface area contributed by atoms with E-state index in [2.05, 4.69) is 5.32 Å². The molecule has 0 heterocycles. The van der Waals surface area contributed by atoms with Crippen molar-refractivity contribution in [3.05, 3.63) is 23.2 Å². The molecule has 1 amide bonds. The molecule has 0 aliphatic carbocycles. The van der Waals surface area contributed by atoms with Crippen LogP contribution in [0.3, 0.4) is 0 Å². The maximum atomic E-state index is 12.0. The predicted molar refractivity (Wildman–Crippen MR) is 88.2 cm³/mol. The SMILES string of the molecule is COCC(C)Oc1ccc(Cl)cc1NC(=O)CCCCC(=O)O. The van der Waals surface area contributed by atoms with Crippen LogP contribution < -0.4 is 10.1 Å². The number of amides is 1. The van der Waals surface area contributed by atoms with Crippen LogP contribution in [0.25, 0.3) is 0 Å². The van der Waals surface area contributed by atoms with Crippen LogP contribution >= 0.6 is 11.6 Å². The van der Waals surface area contributed by atoms with E-state index in [1.54, 1.807) is 25.3 Å². The molecule has 2 N–H and O–H groups in total. The number of aliphatic carboxylic acids is 1. The molecule has 1 aromatic carbocycles. The molecule has 1 rings (SSSR count). The number of carboxylic acid groups (broad SMARTS) is 1. The fourth-order valence-electron chi connectivity index (χ4n) is 1.96. The van der Waals surface area contributed by atoms with Gasteiger partial charge in [0.05, 0.1) is 12.3 Å². The van der Waals surface area contributed by atoms with Crippen molar-refractivity contribution in [2.45, 2.75) is 38.7 Å². The first-order valence-corrected chi connectivity index (χ1v) is 7.77. The molecule has 0 aromatic heterocycles. The quantitative estimate of drug-likeness (QED) is 0.636. The van der Waals surface area contributed by atoms with E-state index >= 15 is 0 Å². The largest absolute Gasteiger partial charge is 0.486 e. The van der Waals surface area contributed by atoms with Crippen LogP contribution in [0.2, 0.25) is 5.02 Å². The minimum absolute atomic E-state index is 0.0628. The molecule has 128 valence electrons. The number of carbonyl (C=O) groups excluding carboxylic acids is 1. The van der Waals surface area contributed by atoms with Gasteiger partial charge in [0.25, 0.3) is 0 Å². The highest BCUT2D eigenvalue weighted by Gasteiger charge is 2.12. The highest BCUT2D eigenvalue weighted by molar-refractivity contribution is 6.31. The first-order valence-electron chi connectivity index (χ1n) is 7.39. The molecule has 0 aliphatic heterocycles. The number of carboxylic acids is 1. The Labute approximate surface area is 140 Å². The van der Waals surface area contributed by atoms with E-state index in [4.69, 9.17) is 26.2 Å². The molecule has 0 aliphatic rings. The third-order valence-electron chi connectivity index (χ3n) is 2.99. The molecule has 0 saturated heterocycles. The average Bonchev–Trinajstić information content (AvgIpc) is 2.46. The van der Waals surface area contributed by atoms with Crippen LogP contribution in [0.4, 0.5) is 5.69 Å². The van der Waals surface area contributed by atoms with Gasteiger partial charge >= 0.3 is 5.97 Å². The van der Waals surface area contributed by atoms with Gasteiger partial charge in [0.2, 0.25) is 5.91 Å². The van der Waals surface area contributed by atoms with Gasteiger partial charge in [-0.25, -0.2) is 0 Å². The van der Waals surface area contributed by atoms with Crippen molar-refractivity contribution in [2.75, 3.05) is 19.0 Å². The summed E-state index contributed by atoms with van der Waals surface area (Å²) in [5.74, 6) is -0.553. The zero-order valence-electron chi connectivity index (χ0n) is 13.3. The number of rotatable bonds is 10. The third-order valence-corrected chi connectivity index (χ3v) is 3.22. The molecular formula is C16H22ClNO5. The average molecular weight is 344 g/mol. The van der Waals surface area contributed by atoms with Gasteiger partial charge < -0.3 is 19.9 Å². The monoisotopic (exact) mass is 343 g/mol. The summed E-state index contributed by atoms with van der Waals surface area (Å²) in [6.07, 6.45) is 1.11. The van der Waals surface area contributed by atoms with Crippen molar-refractivity contribution in [3.63, 3.8) is 0 Å². The minimum Gasteiger partial charge on any atom is -0.486 e. The van der Waals surface area contributed by atoms with Gasteiger partial charge in [-0.05, 0) is 38.0 Å². The molecule has 0 fully saturated rings. The molecule has 0 radical (unpaired) electrons. The summed E-state index contributed by atoms with van der Waals surface area (Å²) < 4.78 is 10.7. The van der Waals surface area contributed by atoms with Crippen LogP contribution in [0.5, 0.6) is 5.75 Å². The fourth-order valence-corrected chi connectivity index (χ4v) is 2.13. The summed E-state index contributed by atoms with van der Waals surface area (Å²) >= 11 is 5.96. The van der Waals surface area contributed by atoms with Crippen LogP contribution in [0, 0.1) is 0 Å². The van der Waals surface area contributed by atoms with Crippen molar-refractivity contribution in [2.24, 2.45) is 0 Å². The van der Waals surface area contributed by atoms with Gasteiger partial charge in [-0.1, -0.05) is 11.6 Å². The second-order valence-electron chi connectivity index (χ2n) is 5.17. The number of carbonyl (C=O) groups is 2. The fraction of sp³-hybridized carbons (Fsp3) is 0.500. The standard InChI is InChI=1S/C16H22ClNO5/c1-11(10-22-2)23-14-8-7-12(17)9-13(14)18-15(19)5-3-4-6-16(20)21/h7-9,11H,3-6,10H2,1-2H3,(H,18,19)(H,20,21). The van der Waals surface area contributed by atoms with Gasteiger partial charge in [-0.2, -0.15) is 0 Å². The van der Waals surface area contributed by atoms with E-state index < -0.39 is 5.97 Å². The van der Waals surface area contributed by atoms with Crippen LogP contribution in [0.1, 0.15) is 32.6 Å². The number of ether oxygens (including phenoxy) is 2. The topological polar surface area (TPSA) is 84.9 Å². The number of hydrogen-bond donors (Lipinski definition) is 2. The maximum absolute atomic E-state index is 12.0. The zero-order valence-corrected chi connectivity index (χ0v) is 14.1. The van der Waals surface area contributed by atoms with E-state index in [0.29, 0.717) is 35.9 Å². The lowest BCUT2D eigenvalue weighted by molar-refractivity contribution is -0.137. The first kappa shape index (κ1) is 19.3. The molecule has 7 heteroatoms. The Bertz CT molecular complexity index is 535. The first-order chi connectivity index (χ1) is 10.9. The Balaban J connectivity index is 2.61. The molecule has 0 spiro atoms. The minimum atomic E-state index is -0.858. The van der Waals surface area contributed by atoms with Crippen molar-refractivity contribution < 1.29 is 24.2 Å². The van der Waals surface area contributed by atoms with Crippen molar-refractivity contribution >= 4 is 29.2 Å². The predicted octanol–water partition coefficient (Wildman–Crippen LogP) is 3.34. The second kappa shape index (κ2) is 10.1. The summed E-state index contributed by atoms with van der Waals surface area (Å²) in [5.41, 5.74) is 0.490. The van der Waals surface area contributed by atoms with E-state index in [-0.39, 0.29) is 24.9 Å². The number of unbranched alkanes of at least 4 members (excludes halogenated alkanes) is 1. The van der Waals surface area contributed by atoms with Crippen LogP contribution in [0.15, 0.2) is 18.2 Å². The molecule has 0 bridgehead atoms. The van der Waals surface area contributed by atoms with Gasteiger partial charge in [0, 0.05) is 25.0 Å². The van der Waals surface area contributed by atoms with Crippen molar-refractivity contribution in [1.82, 2.24) is 0 Å². The maximum Gasteiger partial charge on any atom is 0.303 e. The Morgan fingerprint density at radius 2 is 2.00 bits per heavy atom. The molecule has 1 unspecified atom stereocenters. The number of hydrogen-bond acceptors (Lipinski definition) is 4. The normalized spacial score (nSPS) is 11.8. The van der Waals surface area contributed by atoms with Crippen LogP contribution in [-0.2, 0) is 14.3 Å². The highest BCUT2D eigenvalue weighted by Crippen LogP contribution is 2.29. The van der Waals surface area contributed by atoms with Crippen LogP contribution in [-0.4, -0.2) is 36.8 Å². The Kier molecular flexibility index (Phi) is 8.43. The van der Waals surface area contributed by atoms with E-state index in [1.165, 1.54) is 0 Å². The molecular weight excluding hydrogens is 322 g/mol. The number of halogens is 1. The summed E-state index contributed by atoms with van der Waals surface area (Å²) in [6.45, 7) is 2.28. The zero-order chi connectivity index (χ0) is 17.2. The van der Waals surface area contributed by atoms with Gasteiger partial charge in [0.1, 0.15) is 11.9 Å². The van der Waals surface area contributed by atoms with Gasteiger partial charge in [-0.15, -0.1) is 0 Å².